The Kier molecular flexibility index (Phi) is 3.95. The van der Waals surface area contributed by atoms with Crippen molar-refractivity contribution in [2.24, 2.45) is 0 Å². The van der Waals surface area contributed by atoms with Crippen LogP contribution < -0.4 is 4.74 Å². The molecule has 1 heterocycles. The summed E-state index contributed by atoms with van der Waals surface area (Å²) in [6.45, 7) is 7.77. The van der Waals surface area contributed by atoms with Crippen molar-refractivity contribution in [1.29, 1.82) is 0 Å². The summed E-state index contributed by atoms with van der Waals surface area (Å²) in [6, 6.07) is 5.75. The minimum atomic E-state index is -0.315. The molecule has 0 amide bonds. The molecular weight excluding hydrogens is 279 g/mol. The average Bonchev–Trinajstić information content (AvgIpc) is 2.36. The summed E-state index contributed by atoms with van der Waals surface area (Å²) in [5.41, 5.74) is 0.419. The van der Waals surface area contributed by atoms with Gasteiger partial charge in [0.2, 0.25) is 5.88 Å². The number of aromatic nitrogens is 2. The molecule has 1 aromatic heterocycles. The van der Waals surface area contributed by atoms with Gasteiger partial charge in [-0.25, -0.2) is 9.37 Å². The van der Waals surface area contributed by atoms with Gasteiger partial charge in [0.15, 0.2) is 0 Å². The molecule has 0 aliphatic rings. The van der Waals surface area contributed by atoms with E-state index in [2.05, 4.69) is 9.97 Å². The number of hydrogen-bond donors (Lipinski definition) is 0. The molecule has 2 aromatic rings. The molecule has 0 atom stereocenters. The first-order valence-electron chi connectivity index (χ1n) is 6.25. The van der Waals surface area contributed by atoms with E-state index in [9.17, 15) is 4.39 Å². The van der Waals surface area contributed by atoms with Crippen LogP contribution in [0.25, 0.3) is 0 Å². The van der Waals surface area contributed by atoms with Crippen molar-refractivity contribution in [2.45, 2.75) is 33.1 Å². The Hall–Kier alpha value is -1.68. The van der Waals surface area contributed by atoms with Gasteiger partial charge in [-0.1, -0.05) is 32.4 Å². The number of nitrogens with zero attached hydrogens (tertiary/aromatic N) is 2. The van der Waals surface area contributed by atoms with Gasteiger partial charge in [0.1, 0.15) is 22.5 Å². The van der Waals surface area contributed by atoms with E-state index < -0.39 is 0 Å². The predicted octanol–water partition coefficient (Wildman–Crippen LogP) is 4.67. The molecular formula is C15H16ClFN2O. The zero-order chi connectivity index (χ0) is 14.9. The summed E-state index contributed by atoms with van der Waals surface area (Å²) in [5.74, 6) is 1.18. The third-order valence-electron chi connectivity index (χ3n) is 2.74. The van der Waals surface area contributed by atoms with E-state index in [-0.39, 0.29) is 11.2 Å². The van der Waals surface area contributed by atoms with E-state index in [1.807, 2.05) is 20.8 Å². The lowest BCUT2D eigenvalue weighted by Gasteiger charge is -2.18. The molecule has 106 valence electrons. The number of halogens is 2. The Morgan fingerprint density at radius 2 is 1.70 bits per heavy atom. The Bertz CT molecular complexity index is 621. The van der Waals surface area contributed by atoms with Crippen LogP contribution in [0.5, 0.6) is 11.6 Å². The van der Waals surface area contributed by atoms with Crippen LogP contribution in [0.4, 0.5) is 4.39 Å². The number of rotatable bonds is 2. The Balaban J connectivity index is 2.40. The van der Waals surface area contributed by atoms with Crippen LogP contribution in [-0.2, 0) is 5.41 Å². The van der Waals surface area contributed by atoms with Crippen molar-refractivity contribution in [1.82, 2.24) is 9.97 Å². The van der Waals surface area contributed by atoms with Gasteiger partial charge in [-0.05, 0) is 31.2 Å². The zero-order valence-corrected chi connectivity index (χ0v) is 12.6. The normalized spacial score (nSPS) is 11.5. The molecule has 5 heteroatoms. The van der Waals surface area contributed by atoms with Gasteiger partial charge in [-0.3, -0.25) is 0 Å². The molecule has 0 fully saturated rings. The van der Waals surface area contributed by atoms with Crippen LogP contribution >= 0.6 is 11.6 Å². The van der Waals surface area contributed by atoms with Gasteiger partial charge in [-0.15, -0.1) is 0 Å². The maximum atomic E-state index is 12.9. The van der Waals surface area contributed by atoms with Crippen LogP contribution in [0.2, 0.25) is 5.15 Å². The molecule has 3 nitrogen and oxygen atoms in total. The van der Waals surface area contributed by atoms with Crippen LogP contribution in [0, 0.1) is 12.7 Å². The second-order valence-electron chi connectivity index (χ2n) is 5.57. The van der Waals surface area contributed by atoms with E-state index in [4.69, 9.17) is 16.3 Å². The smallest absolute Gasteiger partial charge is 0.227 e. The monoisotopic (exact) mass is 294 g/mol. The molecule has 0 spiro atoms. The highest BCUT2D eigenvalue weighted by molar-refractivity contribution is 6.30. The summed E-state index contributed by atoms with van der Waals surface area (Å²) in [7, 11) is 0. The standard InChI is InChI=1S/C15H16ClFN2O/c1-9-12(16)18-14(15(2,3)4)19-13(9)20-11-7-5-10(17)6-8-11/h5-8H,1-4H3. The Morgan fingerprint density at radius 3 is 2.25 bits per heavy atom. The highest BCUT2D eigenvalue weighted by Gasteiger charge is 2.21. The zero-order valence-electron chi connectivity index (χ0n) is 11.9. The Labute approximate surface area is 122 Å². The summed E-state index contributed by atoms with van der Waals surface area (Å²) < 4.78 is 18.6. The van der Waals surface area contributed by atoms with Gasteiger partial charge in [0.05, 0.1) is 0 Å². The molecule has 0 saturated carbocycles. The third-order valence-corrected chi connectivity index (χ3v) is 3.11. The summed E-state index contributed by atoms with van der Waals surface area (Å²) >= 11 is 6.13. The van der Waals surface area contributed by atoms with E-state index in [1.54, 1.807) is 19.1 Å². The lowest BCUT2D eigenvalue weighted by Crippen LogP contribution is -2.17. The van der Waals surface area contributed by atoms with Crippen molar-refractivity contribution in [3.63, 3.8) is 0 Å². The second-order valence-corrected chi connectivity index (χ2v) is 5.93. The largest absolute Gasteiger partial charge is 0.439 e. The lowest BCUT2D eigenvalue weighted by atomic mass is 9.96. The SMILES string of the molecule is Cc1c(Cl)nc(C(C)(C)C)nc1Oc1ccc(F)cc1. The molecule has 0 saturated heterocycles. The van der Waals surface area contributed by atoms with E-state index in [0.29, 0.717) is 28.2 Å². The molecule has 0 aliphatic carbocycles. The van der Waals surface area contributed by atoms with E-state index in [0.717, 1.165) is 0 Å². The van der Waals surface area contributed by atoms with E-state index in [1.165, 1.54) is 12.1 Å². The van der Waals surface area contributed by atoms with Crippen molar-refractivity contribution in [3.05, 3.63) is 46.6 Å². The summed E-state index contributed by atoms with van der Waals surface area (Å²) in [5, 5.41) is 0.363. The fourth-order valence-electron chi connectivity index (χ4n) is 1.52. The van der Waals surface area contributed by atoms with E-state index >= 15 is 0 Å². The van der Waals surface area contributed by atoms with Crippen LogP contribution in [0.15, 0.2) is 24.3 Å². The number of benzene rings is 1. The topological polar surface area (TPSA) is 35.0 Å². The molecule has 0 bridgehead atoms. The average molecular weight is 295 g/mol. The maximum Gasteiger partial charge on any atom is 0.227 e. The van der Waals surface area contributed by atoms with Gasteiger partial charge < -0.3 is 4.74 Å². The number of ether oxygens (including phenoxy) is 1. The van der Waals surface area contributed by atoms with Gasteiger partial charge in [-0.2, -0.15) is 4.98 Å². The first-order valence-corrected chi connectivity index (χ1v) is 6.63. The fraction of sp³-hybridized carbons (Fsp3) is 0.333. The van der Waals surface area contributed by atoms with Gasteiger partial charge in [0.25, 0.3) is 0 Å². The molecule has 20 heavy (non-hydrogen) atoms. The molecule has 0 unspecified atom stereocenters. The van der Waals surface area contributed by atoms with Gasteiger partial charge >= 0.3 is 0 Å². The predicted molar refractivity (Wildman–Crippen MR) is 77.0 cm³/mol. The highest BCUT2D eigenvalue weighted by Crippen LogP contribution is 2.30. The molecule has 0 radical (unpaired) electrons. The van der Waals surface area contributed by atoms with Gasteiger partial charge in [0, 0.05) is 11.0 Å². The van der Waals surface area contributed by atoms with Crippen molar-refractivity contribution < 1.29 is 9.13 Å². The number of hydrogen-bond acceptors (Lipinski definition) is 3. The van der Waals surface area contributed by atoms with Crippen molar-refractivity contribution in [3.8, 4) is 11.6 Å². The second kappa shape index (κ2) is 5.37. The molecule has 0 aliphatic heterocycles. The highest BCUT2D eigenvalue weighted by atomic mass is 35.5. The van der Waals surface area contributed by atoms with Crippen LogP contribution in [0.1, 0.15) is 32.2 Å². The minimum absolute atomic E-state index is 0.238. The van der Waals surface area contributed by atoms with Crippen LogP contribution in [0.3, 0.4) is 0 Å². The van der Waals surface area contributed by atoms with Crippen molar-refractivity contribution >= 4 is 11.6 Å². The summed E-state index contributed by atoms with van der Waals surface area (Å²) in [4.78, 5) is 8.69. The first kappa shape index (κ1) is 14.7. The molecule has 0 N–H and O–H groups in total. The third kappa shape index (κ3) is 3.25. The quantitative estimate of drug-likeness (QED) is 0.755. The maximum absolute atomic E-state index is 12.9. The fourth-order valence-corrected chi connectivity index (χ4v) is 1.68. The van der Waals surface area contributed by atoms with Crippen molar-refractivity contribution in [2.75, 3.05) is 0 Å². The molecule has 1 aromatic carbocycles. The first-order chi connectivity index (χ1) is 9.27. The molecule has 2 rings (SSSR count). The minimum Gasteiger partial charge on any atom is -0.439 e. The summed E-state index contributed by atoms with van der Waals surface area (Å²) in [6.07, 6.45) is 0. The van der Waals surface area contributed by atoms with Crippen LogP contribution in [-0.4, -0.2) is 9.97 Å². The Morgan fingerprint density at radius 1 is 1.10 bits per heavy atom. The lowest BCUT2D eigenvalue weighted by molar-refractivity contribution is 0.440.